The number of hydrogen-bond donors (Lipinski definition) is 1. The second kappa shape index (κ2) is 7.94. The summed E-state index contributed by atoms with van der Waals surface area (Å²) in [7, 11) is 0. The van der Waals surface area contributed by atoms with Gasteiger partial charge >= 0.3 is 0 Å². The number of benzene rings is 1. The molecule has 6 nitrogen and oxygen atoms in total. The molecule has 5 rings (SSSR count). The van der Waals surface area contributed by atoms with Gasteiger partial charge in [0.1, 0.15) is 16.4 Å². The zero-order valence-corrected chi connectivity index (χ0v) is 19.0. The Morgan fingerprint density at radius 3 is 2.52 bits per heavy atom. The minimum absolute atomic E-state index is 0.0254. The number of aryl methyl sites for hydroxylation is 2. The number of aromatic nitrogens is 2. The first-order valence-corrected chi connectivity index (χ1v) is 11.9. The van der Waals surface area contributed by atoms with Crippen LogP contribution in [0.5, 0.6) is 5.75 Å². The summed E-state index contributed by atoms with van der Waals surface area (Å²) < 4.78 is 0. The normalized spacial score (nSPS) is 14.4. The lowest BCUT2D eigenvalue weighted by Gasteiger charge is -2.36. The van der Waals surface area contributed by atoms with Gasteiger partial charge in [-0.25, -0.2) is 9.97 Å². The van der Waals surface area contributed by atoms with Gasteiger partial charge in [-0.2, -0.15) is 0 Å². The number of phenols is 1. The number of nitrogens with zero attached hydrogens (tertiary/aromatic N) is 4. The van der Waals surface area contributed by atoms with Gasteiger partial charge in [0.05, 0.1) is 15.8 Å². The van der Waals surface area contributed by atoms with Gasteiger partial charge in [0.2, 0.25) is 0 Å². The Labute approximate surface area is 188 Å². The molecule has 1 aliphatic heterocycles. The van der Waals surface area contributed by atoms with Gasteiger partial charge in [0, 0.05) is 31.1 Å². The number of aromatic hydroxyl groups is 1. The molecule has 31 heavy (non-hydrogen) atoms. The molecule has 0 unspecified atom stereocenters. The van der Waals surface area contributed by atoms with Crippen LogP contribution in [0.1, 0.15) is 20.8 Å². The van der Waals surface area contributed by atoms with Crippen molar-refractivity contribution in [3.63, 3.8) is 0 Å². The molecule has 1 aliphatic rings. The van der Waals surface area contributed by atoms with Crippen LogP contribution in [0.15, 0.2) is 41.8 Å². The van der Waals surface area contributed by atoms with Gasteiger partial charge in [-0.15, -0.1) is 22.7 Å². The van der Waals surface area contributed by atoms with Gasteiger partial charge in [-0.1, -0.05) is 18.2 Å². The molecular formula is C23H22N4O2S2. The van der Waals surface area contributed by atoms with Crippen molar-refractivity contribution in [1.82, 2.24) is 14.9 Å². The second-order valence-corrected chi connectivity index (χ2v) is 9.76. The van der Waals surface area contributed by atoms with E-state index in [2.05, 4.69) is 18.7 Å². The van der Waals surface area contributed by atoms with Crippen molar-refractivity contribution in [2.45, 2.75) is 13.8 Å². The zero-order chi connectivity index (χ0) is 21.5. The van der Waals surface area contributed by atoms with Crippen LogP contribution in [-0.4, -0.2) is 52.1 Å². The van der Waals surface area contributed by atoms with Crippen molar-refractivity contribution >= 4 is 44.6 Å². The van der Waals surface area contributed by atoms with Crippen LogP contribution in [0.4, 0.5) is 5.82 Å². The standard InChI is InChI=1S/C23H22N4O2S2/c1-14-15(2)31-22-19(14)21(24-20(25-22)18-8-5-13-30-18)26-9-11-27(12-10-26)23(29)16-6-3-4-7-17(16)28/h3-8,13,28H,9-12H2,1-2H3. The molecule has 1 N–H and O–H groups in total. The molecule has 0 atom stereocenters. The lowest BCUT2D eigenvalue weighted by molar-refractivity contribution is 0.0743. The number of amides is 1. The van der Waals surface area contributed by atoms with Crippen molar-refractivity contribution in [2.75, 3.05) is 31.1 Å². The number of anilines is 1. The summed E-state index contributed by atoms with van der Waals surface area (Å²) >= 11 is 3.35. The van der Waals surface area contributed by atoms with E-state index in [0.29, 0.717) is 31.7 Å². The summed E-state index contributed by atoms with van der Waals surface area (Å²) in [5, 5.41) is 13.2. The molecule has 0 aliphatic carbocycles. The number of carbonyl (C=O) groups is 1. The van der Waals surface area contributed by atoms with E-state index in [-0.39, 0.29) is 11.7 Å². The lowest BCUT2D eigenvalue weighted by Crippen LogP contribution is -2.49. The van der Waals surface area contributed by atoms with Gasteiger partial charge < -0.3 is 14.9 Å². The van der Waals surface area contributed by atoms with Crippen LogP contribution in [0.25, 0.3) is 20.9 Å². The predicted octanol–water partition coefficient (Wildman–Crippen LogP) is 4.70. The van der Waals surface area contributed by atoms with Gasteiger partial charge in [0.25, 0.3) is 5.91 Å². The smallest absolute Gasteiger partial charge is 0.257 e. The first-order valence-electron chi connectivity index (χ1n) is 10.2. The number of rotatable bonds is 3. The SMILES string of the molecule is Cc1sc2nc(-c3cccs3)nc(N3CCN(C(=O)c4ccccc4O)CC3)c2c1C. The number of phenolic OH excluding ortho intramolecular Hbond substituents is 1. The number of thiophene rings is 2. The highest BCUT2D eigenvalue weighted by molar-refractivity contribution is 7.19. The average Bonchev–Trinajstić information content (AvgIpc) is 3.42. The topological polar surface area (TPSA) is 69.6 Å². The number of fused-ring (bicyclic) bond motifs is 1. The van der Waals surface area contributed by atoms with E-state index in [0.717, 1.165) is 26.7 Å². The summed E-state index contributed by atoms with van der Waals surface area (Å²) in [6.45, 7) is 6.78. The van der Waals surface area contributed by atoms with E-state index in [1.54, 1.807) is 51.8 Å². The van der Waals surface area contributed by atoms with E-state index in [9.17, 15) is 9.90 Å². The van der Waals surface area contributed by atoms with Gasteiger partial charge in [-0.05, 0) is 43.0 Å². The molecule has 1 amide bonds. The molecule has 3 aromatic heterocycles. The summed E-state index contributed by atoms with van der Waals surface area (Å²) in [6, 6.07) is 10.8. The van der Waals surface area contributed by atoms with Crippen molar-refractivity contribution in [2.24, 2.45) is 0 Å². The summed E-state index contributed by atoms with van der Waals surface area (Å²) in [6.07, 6.45) is 0. The minimum atomic E-state index is -0.132. The van der Waals surface area contributed by atoms with Crippen LogP contribution >= 0.6 is 22.7 Å². The van der Waals surface area contributed by atoms with Crippen LogP contribution in [0.3, 0.4) is 0 Å². The van der Waals surface area contributed by atoms with Crippen LogP contribution in [0.2, 0.25) is 0 Å². The molecule has 0 spiro atoms. The van der Waals surface area contributed by atoms with Crippen molar-refractivity contribution in [1.29, 1.82) is 0 Å². The summed E-state index contributed by atoms with van der Waals surface area (Å²) in [5.41, 5.74) is 1.57. The minimum Gasteiger partial charge on any atom is -0.507 e. The molecule has 0 bridgehead atoms. The van der Waals surface area contributed by atoms with Crippen molar-refractivity contribution in [3.8, 4) is 16.5 Å². The third kappa shape index (κ3) is 3.55. The monoisotopic (exact) mass is 450 g/mol. The fraction of sp³-hybridized carbons (Fsp3) is 0.261. The molecule has 158 valence electrons. The summed E-state index contributed by atoms with van der Waals surface area (Å²) in [4.78, 5) is 30.1. The molecule has 4 aromatic rings. The molecule has 4 heterocycles. The first-order chi connectivity index (χ1) is 15.0. The number of carbonyl (C=O) groups excluding carboxylic acids is 1. The fourth-order valence-corrected chi connectivity index (χ4v) is 5.60. The molecule has 0 radical (unpaired) electrons. The molecular weight excluding hydrogens is 428 g/mol. The molecule has 0 saturated carbocycles. The fourth-order valence-electron chi connectivity index (χ4n) is 3.92. The number of piperazine rings is 1. The Morgan fingerprint density at radius 2 is 1.81 bits per heavy atom. The molecule has 1 fully saturated rings. The Balaban J connectivity index is 1.45. The maximum atomic E-state index is 12.9. The second-order valence-electron chi connectivity index (χ2n) is 7.61. The first kappa shape index (κ1) is 20.0. The van der Waals surface area contributed by atoms with Gasteiger partial charge in [-0.3, -0.25) is 4.79 Å². The number of para-hydroxylation sites is 1. The highest BCUT2D eigenvalue weighted by Gasteiger charge is 2.27. The van der Waals surface area contributed by atoms with Crippen molar-refractivity contribution in [3.05, 3.63) is 57.8 Å². The molecule has 8 heteroatoms. The maximum Gasteiger partial charge on any atom is 0.257 e. The van der Waals surface area contributed by atoms with Gasteiger partial charge in [0.15, 0.2) is 5.82 Å². The highest BCUT2D eigenvalue weighted by atomic mass is 32.1. The quantitative estimate of drug-likeness (QED) is 0.490. The lowest BCUT2D eigenvalue weighted by atomic mass is 10.1. The Morgan fingerprint density at radius 1 is 1.03 bits per heavy atom. The average molecular weight is 451 g/mol. The van der Waals surface area contributed by atoms with Crippen LogP contribution in [0, 0.1) is 13.8 Å². The van der Waals surface area contributed by atoms with E-state index < -0.39 is 0 Å². The Hall–Kier alpha value is -2.97. The van der Waals surface area contributed by atoms with E-state index in [1.807, 2.05) is 17.5 Å². The van der Waals surface area contributed by atoms with E-state index in [4.69, 9.17) is 9.97 Å². The Bertz CT molecular complexity index is 1260. The largest absolute Gasteiger partial charge is 0.507 e. The van der Waals surface area contributed by atoms with Crippen molar-refractivity contribution < 1.29 is 9.90 Å². The maximum absolute atomic E-state index is 12.9. The Kier molecular flexibility index (Phi) is 5.11. The third-order valence-corrected chi connectivity index (χ3v) is 7.72. The van der Waals surface area contributed by atoms with E-state index in [1.165, 1.54) is 10.4 Å². The van der Waals surface area contributed by atoms with Crippen LogP contribution < -0.4 is 4.90 Å². The molecule has 1 aromatic carbocycles. The van der Waals surface area contributed by atoms with E-state index >= 15 is 0 Å². The van der Waals surface area contributed by atoms with Crippen LogP contribution in [-0.2, 0) is 0 Å². The molecule has 1 saturated heterocycles. The third-order valence-electron chi connectivity index (χ3n) is 5.75. The predicted molar refractivity (Wildman–Crippen MR) is 126 cm³/mol. The zero-order valence-electron chi connectivity index (χ0n) is 17.3. The summed E-state index contributed by atoms with van der Waals surface area (Å²) in [5.74, 6) is 1.60. The highest BCUT2D eigenvalue weighted by Crippen LogP contribution is 2.37. The number of hydrogen-bond acceptors (Lipinski definition) is 7.